The summed E-state index contributed by atoms with van der Waals surface area (Å²) in [5.41, 5.74) is 0.496. The maximum Gasteiger partial charge on any atom is 0.255 e. The second-order valence-electron chi connectivity index (χ2n) is 4.55. The molecule has 112 valence electrons. The fourth-order valence-corrected chi connectivity index (χ4v) is 2.05. The van der Waals surface area contributed by atoms with E-state index in [4.69, 9.17) is 0 Å². The number of amides is 3. The van der Waals surface area contributed by atoms with Crippen molar-refractivity contribution in [2.75, 3.05) is 7.05 Å². The number of aldehydes is 1. The lowest BCUT2D eigenvalue weighted by Gasteiger charge is -2.26. The van der Waals surface area contributed by atoms with Crippen LogP contribution in [0.4, 0.5) is 0 Å². The van der Waals surface area contributed by atoms with E-state index < -0.39 is 17.9 Å². The molecule has 1 rings (SSSR count). The first-order chi connectivity index (χ1) is 10.1. The Morgan fingerprint density at radius 3 is 2.52 bits per heavy atom. The van der Waals surface area contributed by atoms with Crippen molar-refractivity contribution < 1.29 is 19.2 Å². The van der Waals surface area contributed by atoms with Gasteiger partial charge in [-0.15, -0.1) is 0 Å². The van der Waals surface area contributed by atoms with Crippen molar-refractivity contribution in [2.24, 2.45) is 0 Å². The molecule has 0 aliphatic heterocycles. The van der Waals surface area contributed by atoms with Crippen molar-refractivity contribution in [1.82, 2.24) is 10.2 Å². The predicted molar refractivity (Wildman–Crippen MR) is 76.8 cm³/mol. The Labute approximate surface area is 123 Å². The summed E-state index contributed by atoms with van der Waals surface area (Å²) in [5.74, 6) is -0.969. The quantitative estimate of drug-likeness (QED) is 0.760. The van der Waals surface area contributed by atoms with Gasteiger partial charge >= 0.3 is 0 Å². The molecular weight excluding hydrogens is 272 g/mol. The summed E-state index contributed by atoms with van der Waals surface area (Å²) in [4.78, 5) is 47.0. The molecule has 0 aromatic heterocycles. The number of rotatable bonds is 7. The highest BCUT2D eigenvalue weighted by Crippen LogP contribution is 2.13. The molecule has 1 aromatic carbocycles. The Bertz CT molecular complexity index is 542. The van der Waals surface area contributed by atoms with E-state index in [2.05, 4.69) is 5.32 Å². The molecule has 0 saturated heterocycles. The SMILES string of the molecule is CCCC(C(=O)NC=O)N(C)C(=O)c1ccccc1C=O. The highest BCUT2D eigenvalue weighted by molar-refractivity contribution is 6.03. The molecule has 21 heavy (non-hydrogen) atoms. The van der Waals surface area contributed by atoms with E-state index in [1.807, 2.05) is 6.92 Å². The highest BCUT2D eigenvalue weighted by atomic mass is 16.2. The van der Waals surface area contributed by atoms with E-state index in [0.29, 0.717) is 25.5 Å². The summed E-state index contributed by atoms with van der Waals surface area (Å²) in [6, 6.07) is 5.61. The summed E-state index contributed by atoms with van der Waals surface area (Å²) in [6.45, 7) is 1.87. The van der Waals surface area contributed by atoms with Crippen LogP contribution in [0.15, 0.2) is 24.3 Å². The summed E-state index contributed by atoms with van der Waals surface area (Å²) in [6.07, 6.45) is 1.99. The number of nitrogens with zero attached hydrogens (tertiary/aromatic N) is 1. The van der Waals surface area contributed by atoms with Crippen LogP contribution in [-0.2, 0) is 9.59 Å². The van der Waals surface area contributed by atoms with Crippen molar-refractivity contribution in [1.29, 1.82) is 0 Å². The molecule has 0 bridgehead atoms. The molecule has 3 amide bonds. The van der Waals surface area contributed by atoms with Crippen molar-refractivity contribution >= 4 is 24.5 Å². The first-order valence-electron chi connectivity index (χ1n) is 6.62. The number of nitrogens with one attached hydrogen (secondary N) is 1. The van der Waals surface area contributed by atoms with Crippen LogP contribution in [0.3, 0.4) is 0 Å². The molecule has 0 aliphatic carbocycles. The van der Waals surface area contributed by atoms with E-state index in [1.54, 1.807) is 12.1 Å². The third-order valence-electron chi connectivity index (χ3n) is 3.17. The Balaban J connectivity index is 3.04. The topological polar surface area (TPSA) is 83.6 Å². The lowest BCUT2D eigenvalue weighted by Crippen LogP contribution is -2.47. The maximum absolute atomic E-state index is 12.4. The van der Waals surface area contributed by atoms with Crippen LogP contribution in [0.2, 0.25) is 0 Å². The molecule has 0 spiro atoms. The summed E-state index contributed by atoms with van der Waals surface area (Å²) in [7, 11) is 1.48. The Morgan fingerprint density at radius 1 is 1.29 bits per heavy atom. The number of carbonyl (C=O) groups excluding carboxylic acids is 4. The lowest BCUT2D eigenvalue weighted by atomic mass is 10.0. The summed E-state index contributed by atoms with van der Waals surface area (Å²) >= 11 is 0. The molecule has 1 unspecified atom stereocenters. The second-order valence-corrected chi connectivity index (χ2v) is 4.55. The van der Waals surface area contributed by atoms with Gasteiger partial charge in [0.2, 0.25) is 12.3 Å². The van der Waals surface area contributed by atoms with Gasteiger partial charge in [0.1, 0.15) is 6.04 Å². The Hall–Kier alpha value is -2.50. The zero-order valence-electron chi connectivity index (χ0n) is 12.0. The number of benzene rings is 1. The molecule has 0 saturated carbocycles. The normalized spacial score (nSPS) is 11.3. The van der Waals surface area contributed by atoms with Gasteiger partial charge in [-0.25, -0.2) is 0 Å². The van der Waals surface area contributed by atoms with Gasteiger partial charge in [-0.3, -0.25) is 24.5 Å². The minimum absolute atomic E-state index is 0.231. The molecule has 6 nitrogen and oxygen atoms in total. The van der Waals surface area contributed by atoms with Crippen LogP contribution >= 0.6 is 0 Å². The molecule has 0 aliphatic rings. The third kappa shape index (κ3) is 3.98. The summed E-state index contributed by atoms with van der Waals surface area (Å²) < 4.78 is 0. The van der Waals surface area contributed by atoms with Crippen LogP contribution in [0.5, 0.6) is 0 Å². The minimum atomic E-state index is -0.757. The van der Waals surface area contributed by atoms with Crippen LogP contribution in [0, 0.1) is 0 Å². The average Bonchev–Trinajstić information content (AvgIpc) is 2.51. The predicted octanol–water partition coefficient (Wildman–Crippen LogP) is 1.01. The van der Waals surface area contributed by atoms with E-state index in [0.717, 1.165) is 0 Å². The average molecular weight is 290 g/mol. The van der Waals surface area contributed by atoms with Crippen molar-refractivity contribution in [3.63, 3.8) is 0 Å². The first-order valence-corrected chi connectivity index (χ1v) is 6.62. The molecule has 0 heterocycles. The van der Waals surface area contributed by atoms with Gasteiger partial charge in [0, 0.05) is 12.6 Å². The van der Waals surface area contributed by atoms with Crippen LogP contribution in [0.25, 0.3) is 0 Å². The number of hydrogen-bond donors (Lipinski definition) is 1. The molecule has 1 aromatic rings. The number of hydrogen-bond acceptors (Lipinski definition) is 4. The van der Waals surface area contributed by atoms with Gasteiger partial charge in [0.25, 0.3) is 5.91 Å². The molecular formula is C15H18N2O4. The Morgan fingerprint density at radius 2 is 1.95 bits per heavy atom. The van der Waals surface area contributed by atoms with Crippen LogP contribution < -0.4 is 5.32 Å². The van der Waals surface area contributed by atoms with Gasteiger partial charge in [0.05, 0.1) is 5.56 Å². The zero-order valence-corrected chi connectivity index (χ0v) is 12.0. The summed E-state index contributed by atoms with van der Waals surface area (Å²) in [5, 5.41) is 2.06. The number of likely N-dealkylation sites (N-methyl/N-ethyl adjacent to an activating group) is 1. The zero-order chi connectivity index (χ0) is 15.8. The molecule has 1 atom stereocenters. The van der Waals surface area contributed by atoms with Gasteiger partial charge in [0.15, 0.2) is 6.29 Å². The minimum Gasteiger partial charge on any atom is -0.330 e. The largest absolute Gasteiger partial charge is 0.330 e. The van der Waals surface area contributed by atoms with Gasteiger partial charge in [-0.2, -0.15) is 0 Å². The van der Waals surface area contributed by atoms with E-state index in [1.165, 1.54) is 24.1 Å². The maximum atomic E-state index is 12.4. The number of carbonyl (C=O) groups is 4. The van der Waals surface area contributed by atoms with Gasteiger partial charge in [-0.05, 0) is 12.5 Å². The van der Waals surface area contributed by atoms with E-state index >= 15 is 0 Å². The molecule has 1 N–H and O–H groups in total. The van der Waals surface area contributed by atoms with E-state index in [-0.39, 0.29) is 11.1 Å². The fourth-order valence-electron chi connectivity index (χ4n) is 2.05. The number of imide groups is 1. The van der Waals surface area contributed by atoms with Crippen molar-refractivity contribution in [3.8, 4) is 0 Å². The standard InChI is InChI=1S/C15H18N2O4/c1-3-6-13(14(20)16-10-19)17(2)15(21)12-8-5-4-7-11(12)9-18/h4-5,7-10,13H,3,6H2,1-2H3,(H,16,19,20). The van der Waals surface area contributed by atoms with Gasteiger partial charge in [-0.1, -0.05) is 31.5 Å². The van der Waals surface area contributed by atoms with Crippen molar-refractivity contribution in [2.45, 2.75) is 25.8 Å². The molecule has 0 fully saturated rings. The van der Waals surface area contributed by atoms with Crippen LogP contribution in [0.1, 0.15) is 40.5 Å². The monoisotopic (exact) mass is 290 g/mol. The second kappa shape index (κ2) is 7.94. The third-order valence-corrected chi connectivity index (χ3v) is 3.17. The van der Waals surface area contributed by atoms with Crippen LogP contribution in [-0.4, -0.2) is 42.5 Å². The fraction of sp³-hybridized carbons (Fsp3) is 0.333. The van der Waals surface area contributed by atoms with Crippen molar-refractivity contribution in [3.05, 3.63) is 35.4 Å². The van der Waals surface area contributed by atoms with E-state index in [9.17, 15) is 19.2 Å². The highest BCUT2D eigenvalue weighted by Gasteiger charge is 2.27. The Kier molecular flexibility index (Phi) is 6.26. The van der Waals surface area contributed by atoms with Gasteiger partial charge < -0.3 is 4.90 Å². The first kappa shape index (κ1) is 16.6. The smallest absolute Gasteiger partial charge is 0.255 e. The molecule has 0 radical (unpaired) electrons. The molecule has 6 heteroatoms. The lowest BCUT2D eigenvalue weighted by molar-refractivity contribution is -0.128.